The molecule has 0 atom stereocenters. The lowest BCUT2D eigenvalue weighted by molar-refractivity contribution is 0.102. The molecule has 2 nitrogen and oxygen atoms in total. The summed E-state index contributed by atoms with van der Waals surface area (Å²) in [6, 6.07) is 8.34. The van der Waals surface area contributed by atoms with Gasteiger partial charge in [0.2, 0.25) is 0 Å². The van der Waals surface area contributed by atoms with Gasteiger partial charge < -0.3 is 5.32 Å². The number of anilines is 1. The van der Waals surface area contributed by atoms with E-state index in [1.807, 2.05) is 19.1 Å². The van der Waals surface area contributed by atoms with Crippen LogP contribution in [0.5, 0.6) is 0 Å². The highest BCUT2D eigenvalue weighted by Crippen LogP contribution is 2.33. The van der Waals surface area contributed by atoms with Gasteiger partial charge in [0.25, 0.3) is 5.91 Å². The lowest BCUT2D eigenvalue weighted by Gasteiger charge is -2.11. The van der Waals surface area contributed by atoms with Crippen LogP contribution in [0.15, 0.2) is 43.7 Å². The van der Waals surface area contributed by atoms with Crippen molar-refractivity contribution >= 4 is 59.4 Å². The number of hydrogen-bond acceptors (Lipinski definition) is 1. The molecule has 6 heteroatoms. The largest absolute Gasteiger partial charge is 0.320 e. The zero-order chi connectivity index (χ0) is 14.9. The first kappa shape index (κ1) is 15.7. The monoisotopic (exact) mass is 463 g/mol. The number of halogens is 4. The summed E-state index contributed by atoms with van der Waals surface area (Å²) in [4.78, 5) is 12.2. The van der Waals surface area contributed by atoms with Crippen LogP contribution in [0.25, 0.3) is 0 Å². The maximum Gasteiger partial charge on any atom is 0.258 e. The third kappa shape index (κ3) is 3.30. The third-order valence-corrected chi connectivity index (χ3v) is 4.48. The molecule has 104 valence electrons. The van der Waals surface area contributed by atoms with Gasteiger partial charge in [-0.2, -0.15) is 0 Å². The van der Waals surface area contributed by atoms with Crippen LogP contribution < -0.4 is 5.32 Å². The third-order valence-electron chi connectivity index (χ3n) is 2.62. The second-order valence-corrected chi connectivity index (χ2v) is 6.72. The van der Waals surface area contributed by atoms with E-state index in [-0.39, 0.29) is 10.0 Å². The molecule has 0 fully saturated rings. The van der Waals surface area contributed by atoms with Gasteiger partial charge in [0.1, 0.15) is 5.82 Å². The summed E-state index contributed by atoms with van der Waals surface area (Å²) < 4.78 is 15.6. The predicted octanol–water partition coefficient (Wildman–Crippen LogP) is 5.67. The number of nitrogens with one attached hydrogen (secondary N) is 1. The highest BCUT2D eigenvalue weighted by Gasteiger charge is 2.16. The van der Waals surface area contributed by atoms with Gasteiger partial charge in [-0.3, -0.25) is 4.79 Å². The van der Waals surface area contributed by atoms with E-state index in [1.165, 1.54) is 6.07 Å². The van der Waals surface area contributed by atoms with Crippen LogP contribution in [0.4, 0.5) is 10.1 Å². The molecule has 0 aromatic heterocycles. The fourth-order valence-electron chi connectivity index (χ4n) is 1.68. The quantitative estimate of drug-likeness (QED) is 0.608. The number of benzene rings is 2. The number of amides is 1. The Morgan fingerprint density at radius 1 is 1.10 bits per heavy atom. The van der Waals surface area contributed by atoms with E-state index in [1.54, 1.807) is 12.1 Å². The van der Waals surface area contributed by atoms with Crippen molar-refractivity contribution in [1.82, 2.24) is 0 Å². The second kappa shape index (κ2) is 6.37. The van der Waals surface area contributed by atoms with Gasteiger partial charge in [0.15, 0.2) is 0 Å². The Morgan fingerprint density at radius 3 is 2.30 bits per heavy atom. The summed E-state index contributed by atoms with van der Waals surface area (Å²) in [5.41, 5.74) is 1.59. The summed E-state index contributed by atoms with van der Waals surface area (Å²) in [6.45, 7) is 1.94. The Bertz CT molecular complexity index is 665. The van der Waals surface area contributed by atoms with Crippen LogP contribution in [0.1, 0.15) is 15.9 Å². The van der Waals surface area contributed by atoms with Gasteiger partial charge in [-0.15, -0.1) is 0 Å². The van der Waals surface area contributed by atoms with Crippen molar-refractivity contribution in [3.05, 3.63) is 60.7 Å². The molecule has 0 saturated heterocycles. The van der Waals surface area contributed by atoms with Gasteiger partial charge in [-0.05, 0) is 84.5 Å². The lowest BCUT2D eigenvalue weighted by Crippen LogP contribution is -2.14. The molecule has 0 aliphatic carbocycles. The van der Waals surface area contributed by atoms with Crippen LogP contribution >= 0.6 is 47.8 Å². The fourth-order valence-corrected chi connectivity index (χ4v) is 3.66. The van der Waals surface area contributed by atoms with Crippen LogP contribution in [-0.4, -0.2) is 5.91 Å². The summed E-state index contributed by atoms with van der Waals surface area (Å²) in [5, 5.41) is 2.70. The number of carbonyl (C=O) groups is 1. The lowest BCUT2D eigenvalue weighted by atomic mass is 10.2. The molecule has 0 radical (unpaired) electrons. The van der Waals surface area contributed by atoms with E-state index in [0.29, 0.717) is 5.69 Å². The SMILES string of the molecule is Cc1cc(Br)c(NC(=O)c2cccc(Br)c2F)c(Br)c1. The Hall–Kier alpha value is -0.720. The summed E-state index contributed by atoms with van der Waals surface area (Å²) >= 11 is 9.83. The van der Waals surface area contributed by atoms with E-state index in [9.17, 15) is 9.18 Å². The molecule has 2 aromatic carbocycles. The van der Waals surface area contributed by atoms with Crippen LogP contribution in [-0.2, 0) is 0 Å². The van der Waals surface area contributed by atoms with E-state index in [2.05, 4.69) is 53.1 Å². The smallest absolute Gasteiger partial charge is 0.258 e. The molecule has 2 rings (SSSR count). The maximum absolute atomic E-state index is 13.9. The Balaban J connectivity index is 2.36. The molecule has 0 aliphatic rings. The van der Waals surface area contributed by atoms with Crippen molar-refractivity contribution < 1.29 is 9.18 Å². The normalized spacial score (nSPS) is 10.4. The fraction of sp³-hybridized carbons (Fsp3) is 0.0714. The molecule has 0 unspecified atom stereocenters. The van der Waals surface area contributed by atoms with Crippen molar-refractivity contribution in [2.24, 2.45) is 0 Å². The van der Waals surface area contributed by atoms with E-state index in [4.69, 9.17) is 0 Å². The standard InChI is InChI=1S/C14H9Br3FNO/c1-7-5-10(16)13(11(17)6-7)19-14(20)8-3-2-4-9(15)12(8)18/h2-6H,1H3,(H,19,20). The van der Waals surface area contributed by atoms with Crippen LogP contribution in [0, 0.1) is 12.7 Å². The van der Waals surface area contributed by atoms with E-state index < -0.39 is 11.7 Å². The number of aryl methyl sites for hydroxylation is 1. The number of carbonyl (C=O) groups excluding carboxylic acids is 1. The number of hydrogen-bond donors (Lipinski definition) is 1. The zero-order valence-corrected chi connectivity index (χ0v) is 15.1. The molecule has 0 spiro atoms. The Labute approximate surface area is 141 Å². The van der Waals surface area contributed by atoms with Gasteiger partial charge in [0.05, 0.1) is 15.7 Å². The second-order valence-electron chi connectivity index (χ2n) is 4.16. The van der Waals surface area contributed by atoms with Gasteiger partial charge in [0, 0.05) is 8.95 Å². The molecular weight excluding hydrogens is 457 g/mol. The highest BCUT2D eigenvalue weighted by molar-refractivity contribution is 9.11. The first-order valence-corrected chi connectivity index (χ1v) is 7.99. The minimum atomic E-state index is -0.579. The zero-order valence-electron chi connectivity index (χ0n) is 10.3. The van der Waals surface area contributed by atoms with Crippen molar-refractivity contribution in [3.8, 4) is 0 Å². The molecule has 0 aliphatic heterocycles. The van der Waals surface area contributed by atoms with Crippen LogP contribution in [0.2, 0.25) is 0 Å². The number of rotatable bonds is 2. The molecular formula is C14H9Br3FNO. The first-order valence-electron chi connectivity index (χ1n) is 5.61. The Kier molecular flexibility index (Phi) is 4.99. The van der Waals surface area contributed by atoms with Crippen molar-refractivity contribution in [2.75, 3.05) is 5.32 Å². The molecule has 2 aromatic rings. The molecule has 20 heavy (non-hydrogen) atoms. The topological polar surface area (TPSA) is 29.1 Å². The Morgan fingerprint density at radius 2 is 1.70 bits per heavy atom. The minimum Gasteiger partial charge on any atom is -0.320 e. The summed E-state index contributed by atoms with van der Waals surface area (Å²) in [5.74, 6) is -1.08. The van der Waals surface area contributed by atoms with Gasteiger partial charge >= 0.3 is 0 Å². The molecule has 0 heterocycles. The maximum atomic E-state index is 13.9. The summed E-state index contributed by atoms with van der Waals surface area (Å²) in [6.07, 6.45) is 0. The summed E-state index contributed by atoms with van der Waals surface area (Å²) in [7, 11) is 0. The predicted molar refractivity (Wildman–Crippen MR) is 88.6 cm³/mol. The van der Waals surface area contributed by atoms with E-state index in [0.717, 1.165) is 14.5 Å². The van der Waals surface area contributed by atoms with Crippen molar-refractivity contribution in [2.45, 2.75) is 6.92 Å². The highest BCUT2D eigenvalue weighted by atomic mass is 79.9. The molecule has 1 amide bonds. The molecule has 0 bridgehead atoms. The molecule has 0 saturated carbocycles. The average molecular weight is 466 g/mol. The van der Waals surface area contributed by atoms with Crippen molar-refractivity contribution in [3.63, 3.8) is 0 Å². The van der Waals surface area contributed by atoms with Crippen LogP contribution in [0.3, 0.4) is 0 Å². The van der Waals surface area contributed by atoms with Gasteiger partial charge in [-0.1, -0.05) is 6.07 Å². The van der Waals surface area contributed by atoms with Crippen molar-refractivity contribution in [1.29, 1.82) is 0 Å². The van der Waals surface area contributed by atoms with Gasteiger partial charge in [-0.25, -0.2) is 4.39 Å². The first-order chi connectivity index (χ1) is 9.40. The average Bonchev–Trinajstić information content (AvgIpc) is 2.36. The minimum absolute atomic E-state index is 0.0150. The molecule has 1 N–H and O–H groups in total. The van der Waals surface area contributed by atoms with E-state index >= 15 is 0 Å².